The van der Waals surface area contributed by atoms with Gasteiger partial charge in [-0.3, -0.25) is 4.90 Å². The van der Waals surface area contributed by atoms with Crippen molar-refractivity contribution in [3.63, 3.8) is 0 Å². The summed E-state index contributed by atoms with van der Waals surface area (Å²) in [6, 6.07) is 10.0. The summed E-state index contributed by atoms with van der Waals surface area (Å²) >= 11 is 11.1. The molecule has 0 saturated carbocycles. The highest BCUT2D eigenvalue weighted by molar-refractivity contribution is 9.10. The number of hydrogen-bond acceptors (Lipinski definition) is 3. The maximum Gasteiger partial charge on any atom is 0.119 e. The number of hydrogen-bond donors (Lipinski definition) is 0. The molecule has 0 radical (unpaired) electrons. The lowest BCUT2D eigenvalue weighted by Gasteiger charge is -2.17. The van der Waals surface area contributed by atoms with Crippen molar-refractivity contribution in [1.82, 2.24) is 4.90 Å². The maximum absolute atomic E-state index is 5.94. The second-order valence-corrected chi connectivity index (χ2v) is 6.99. The Bertz CT molecular complexity index is 558. The molecule has 19 heavy (non-hydrogen) atoms. The molecule has 0 aliphatic rings. The number of ether oxygens (including phenoxy) is 1. The van der Waals surface area contributed by atoms with Crippen LogP contribution in [-0.2, 0) is 13.1 Å². The third-order valence-corrected chi connectivity index (χ3v) is 4.74. The second kappa shape index (κ2) is 6.75. The molecule has 1 aromatic heterocycles. The largest absolute Gasteiger partial charge is 0.497 e. The molecule has 2 aromatic rings. The zero-order chi connectivity index (χ0) is 13.8. The molecule has 0 amide bonds. The Hall–Kier alpha value is -0.550. The van der Waals surface area contributed by atoms with Gasteiger partial charge in [-0.15, -0.1) is 11.3 Å². The molecule has 102 valence electrons. The van der Waals surface area contributed by atoms with Crippen molar-refractivity contribution in [1.29, 1.82) is 0 Å². The molecule has 0 spiro atoms. The molecule has 0 fully saturated rings. The van der Waals surface area contributed by atoms with Gasteiger partial charge >= 0.3 is 0 Å². The molecule has 0 atom stereocenters. The van der Waals surface area contributed by atoms with Gasteiger partial charge in [-0.2, -0.15) is 0 Å². The predicted molar refractivity (Wildman–Crippen MR) is 85.2 cm³/mol. The smallest absolute Gasteiger partial charge is 0.119 e. The second-order valence-electron chi connectivity index (χ2n) is 4.34. The minimum absolute atomic E-state index is 0.839. The van der Waals surface area contributed by atoms with E-state index in [1.54, 1.807) is 18.4 Å². The average molecular weight is 361 g/mol. The van der Waals surface area contributed by atoms with Gasteiger partial charge < -0.3 is 4.74 Å². The van der Waals surface area contributed by atoms with E-state index in [1.807, 2.05) is 18.2 Å². The SMILES string of the molecule is COc1ccc(Br)c(CN(C)Cc2ccc(Cl)s2)c1. The first kappa shape index (κ1) is 14.9. The highest BCUT2D eigenvalue weighted by Gasteiger charge is 2.08. The third kappa shape index (κ3) is 4.21. The first-order valence-corrected chi connectivity index (χ1v) is 7.82. The van der Waals surface area contributed by atoms with E-state index in [2.05, 4.69) is 40.0 Å². The number of thiophene rings is 1. The van der Waals surface area contributed by atoms with Crippen molar-refractivity contribution in [2.45, 2.75) is 13.1 Å². The number of benzene rings is 1. The van der Waals surface area contributed by atoms with E-state index in [9.17, 15) is 0 Å². The van der Waals surface area contributed by atoms with Crippen LogP contribution in [0.15, 0.2) is 34.8 Å². The van der Waals surface area contributed by atoms with Crippen molar-refractivity contribution in [3.05, 3.63) is 49.6 Å². The lowest BCUT2D eigenvalue weighted by molar-refractivity contribution is 0.320. The van der Waals surface area contributed by atoms with E-state index in [0.29, 0.717) is 0 Å². The summed E-state index contributed by atoms with van der Waals surface area (Å²) in [4.78, 5) is 3.52. The van der Waals surface area contributed by atoms with Gasteiger partial charge in [0.05, 0.1) is 11.4 Å². The first-order valence-electron chi connectivity index (χ1n) is 5.83. The van der Waals surface area contributed by atoms with Gasteiger partial charge in [0.1, 0.15) is 5.75 Å². The van der Waals surface area contributed by atoms with Gasteiger partial charge in [-0.25, -0.2) is 0 Å². The van der Waals surface area contributed by atoms with Crippen LogP contribution in [0, 0.1) is 0 Å². The normalized spacial score (nSPS) is 11.0. The Kier molecular flexibility index (Phi) is 5.28. The van der Waals surface area contributed by atoms with Crippen LogP contribution in [0.5, 0.6) is 5.75 Å². The fourth-order valence-corrected chi connectivity index (χ4v) is 3.39. The first-order chi connectivity index (χ1) is 9.08. The minimum Gasteiger partial charge on any atom is -0.497 e. The van der Waals surface area contributed by atoms with Gasteiger partial charge in [0, 0.05) is 22.4 Å². The monoisotopic (exact) mass is 359 g/mol. The zero-order valence-corrected chi connectivity index (χ0v) is 14.0. The summed E-state index contributed by atoms with van der Waals surface area (Å²) in [6.07, 6.45) is 0. The molecule has 0 saturated heterocycles. The standard InChI is InChI=1S/C14H15BrClNOS/c1-17(9-12-4-6-14(16)19-12)8-10-7-11(18-2)3-5-13(10)15/h3-7H,8-9H2,1-2H3. The van der Waals surface area contributed by atoms with Crippen molar-refractivity contribution in [2.75, 3.05) is 14.2 Å². The van der Waals surface area contributed by atoms with Gasteiger partial charge in [-0.05, 0) is 42.9 Å². The van der Waals surface area contributed by atoms with Crippen LogP contribution in [0.4, 0.5) is 0 Å². The molecule has 0 aliphatic carbocycles. The minimum atomic E-state index is 0.839. The Morgan fingerprint density at radius 1 is 1.26 bits per heavy atom. The van der Waals surface area contributed by atoms with E-state index in [1.165, 1.54) is 10.4 Å². The molecule has 0 unspecified atom stereocenters. The Morgan fingerprint density at radius 3 is 2.68 bits per heavy atom. The molecule has 0 N–H and O–H groups in total. The number of methoxy groups -OCH3 is 1. The summed E-state index contributed by atoms with van der Waals surface area (Å²) in [5, 5.41) is 0. The van der Waals surface area contributed by atoms with Gasteiger partial charge in [0.25, 0.3) is 0 Å². The number of nitrogens with zero attached hydrogens (tertiary/aromatic N) is 1. The van der Waals surface area contributed by atoms with Crippen LogP contribution >= 0.6 is 38.9 Å². The predicted octanol–water partition coefficient (Wildman–Crippen LogP) is 4.80. The van der Waals surface area contributed by atoms with E-state index in [-0.39, 0.29) is 0 Å². The van der Waals surface area contributed by atoms with E-state index in [0.717, 1.165) is 27.6 Å². The van der Waals surface area contributed by atoms with Crippen molar-refractivity contribution in [2.24, 2.45) is 0 Å². The molecular formula is C14H15BrClNOS. The molecule has 2 nitrogen and oxygen atoms in total. The fourth-order valence-electron chi connectivity index (χ4n) is 1.85. The van der Waals surface area contributed by atoms with E-state index < -0.39 is 0 Å². The third-order valence-electron chi connectivity index (χ3n) is 2.75. The topological polar surface area (TPSA) is 12.5 Å². The quantitative estimate of drug-likeness (QED) is 0.759. The molecule has 0 bridgehead atoms. The van der Waals surface area contributed by atoms with E-state index in [4.69, 9.17) is 16.3 Å². The molecule has 1 aromatic carbocycles. The number of rotatable bonds is 5. The summed E-state index contributed by atoms with van der Waals surface area (Å²) in [5.41, 5.74) is 1.21. The maximum atomic E-state index is 5.94. The molecule has 0 aliphatic heterocycles. The molecule has 1 heterocycles. The van der Waals surface area contributed by atoms with Crippen LogP contribution < -0.4 is 4.74 Å². The zero-order valence-electron chi connectivity index (χ0n) is 10.8. The highest BCUT2D eigenvalue weighted by atomic mass is 79.9. The Morgan fingerprint density at radius 2 is 2.05 bits per heavy atom. The van der Waals surface area contributed by atoms with Crippen molar-refractivity contribution < 1.29 is 4.74 Å². The van der Waals surface area contributed by atoms with Crippen LogP contribution in [0.2, 0.25) is 4.34 Å². The summed E-state index contributed by atoms with van der Waals surface area (Å²) < 4.78 is 7.20. The lowest BCUT2D eigenvalue weighted by Crippen LogP contribution is -2.16. The van der Waals surface area contributed by atoms with Crippen LogP contribution in [0.3, 0.4) is 0 Å². The van der Waals surface area contributed by atoms with Gasteiger partial charge in [0.2, 0.25) is 0 Å². The average Bonchev–Trinajstić information content (AvgIpc) is 2.77. The summed E-state index contributed by atoms with van der Waals surface area (Å²) in [5.74, 6) is 0.880. The van der Waals surface area contributed by atoms with Crippen molar-refractivity contribution >= 4 is 38.9 Å². The molecule has 2 rings (SSSR count). The Labute approximate surface area is 131 Å². The van der Waals surface area contributed by atoms with Crippen molar-refractivity contribution in [3.8, 4) is 5.75 Å². The summed E-state index contributed by atoms with van der Waals surface area (Å²) in [6.45, 7) is 1.74. The van der Waals surface area contributed by atoms with Gasteiger partial charge in [0.15, 0.2) is 0 Å². The summed E-state index contributed by atoms with van der Waals surface area (Å²) in [7, 11) is 3.78. The van der Waals surface area contributed by atoms with Crippen LogP contribution in [0.25, 0.3) is 0 Å². The Balaban J connectivity index is 2.03. The van der Waals surface area contributed by atoms with Crippen LogP contribution in [-0.4, -0.2) is 19.1 Å². The molecule has 5 heteroatoms. The van der Waals surface area contributed by atoms with Gasteiger partial charge in [-0.1, -0.05) is 27.5 Å². The lowest BCUT2D eigenvalue weighted by atomic mass is 10.2. The fraction of sp³-hybridized carbons (Fsp3) is 0.286. The number of halogens is 2. The van der Waals surface area contributed by atoms with E-state index >= 15 is 0 Å². The molecular weight excluding hydrogens is 346 g/mol. The highest BCUT2D eigenvalue weighted by Crippen LogP contribution is 2.26. The van der Waals surface area contributed by atoms with Crippen LogP contribution in [0.1, 0.15) is 10.4 Å².